The van der Waals surface area contributed by atoms with Crippen LogP contribution in [0.4, 0.5) is 0 Å². The predicted octanol–water partition coefficient (Wildman–Crippen LogP) is 4.47. The fourth-order valence-electron chi connectivity index (χ4n) is 2.94. The number of fused-ring (bicyclic) bond motifs is 8. The molecular weight excluding hydrogens is 519 g/mol. The van der Waals surface area contributed by atoms with Gasteiger partial charge in [-0.25, -0.2) is 9.97 Å². The summed E-state index contributed by atoms with van der Waals surface area (Å²) in [5.41, 5.74) is 7.86. The third-order valence-corrected chi connectivity index (χ3v) is 4.04. The minimum Gasteiger partial charge on any atom is -0.355 e. The van der Waals surface area contributed by atoms with Crippen LogP contribution in [0.15, 0.2) is 48.5 Å². The minimum atomic E-state index is 0. The van der Waals surface area contributed by atoms with Crippen LogP contribution in [0.2, 0.25) is 0 Å². The Labute approximate surface area is 170 Å². The molecule has 27 heavy (non-hydrogen) atoms. The zero-order chi connectivity index (χ0) is 17.9. The SMILES string of the molecule is C1=Cc2cc3ccc(cc4ccc(cc5nc(cc1n2)C=C5)[nH]4)[nH]3.C=O.[Pt]. The first kappa shape index (κ1) is 18.7. The molecule has 0 spiro atoms. The van der Waals surface area contributed by atoms with E-state index in [-0.39, 0.29) is 21.1 Å². The first-order valence-corrected chi connectivity index (χ1v) is 8.14. The Morgan fingerprint density at radius 1 is 0.556 bits per heavy atom. The Morgan fingerprint density at radius 3 is 1.30 bits per heavy atom. The molecular formula is C21H16N4OPt. The summed E-state index contributed by atoms with van der Waals surface area (Å²) in [6.07, 6.45) is 8.05. The van der Waals surface area contributed by atoms with E-state index in [0.29, 0.717) is 0 Å². The molecule has 5 nitrogen and oxygen atoms in total. The van der Waals surface area contributed by atoms with Crippen LogP contribution in [-0.4, -0.2) is 26.7 Å². The smallest absolute Gasteiger partial charge is 0.106 e. The number of hydrogen-bond acceptors (Lipinski definition) is 3. The molecule has 3 aromatic heterocycles. The summed E-state index contributed by atoms with van der Waals surface area (Å²) < 4.78 is 0. The zero-order valence-corrected chi connectivity index (χ0v) is 16.5. The third-order valence-electron chi connectivity index (χ3n) is 4.04. The van der Waals surface area contributed by atoms with Crippen molar-refractivity contribution in [2.75, 3.05) is 0 Å². The second-order valence-electron chi connectivity index (χ2n) is 5.91. The summed E-state index contributed by atoms with van der Waals surface area (Å²) in [6, 6.07) is 16.4. The Hall–Kier alpha value is -3.04. The fraction of sp³-hybridized carbons (Fsp3) is 0. The molecule has 0 amide bonds. The summed E-state index contributed by atoms with van der Waals surface area (Å²) in [4.78, 5) is 24.0. The van der Waals surface area contributed by atoms with Crippen molar-refractivity contribution in [2.45, 2.75) is 0 Å². The number of rotatable bonds is 0. The molecule has 0 atom stereocenters. The van der Waals surface area contributed by atoms with Crippen LogP contribution in [0.5, 0.6) is 0 Å². The van der Waals surface area contributed by atoms with E-state index in [0.717, 1.165) is 44.8 Å². The van der Waals surface area contributed by atoms with Crippen LogP contribution in [0.1, 0.15) is 22.8 Å². The Kier molecular flexibility index (Phi) is 5.63. The van der Waals surface area contributed by atoms with Crippen LogP contribution >= 0.6 is 0 Å². The maximum atomic E-state index is 8.00. The molecule has 136 valence electrons. The molecule has 0 radical (unpaired) electrons. The van der Waals surface area contributed by atoms with E-state index in [9.17, 15) is 0 Å². The number of hydrogen-bond donors (Lipinski definition) is 2. The van der Waals surface area contributed by atoms with Gasteiger partial charge in [0.25, 0.3) is 0 Å². The van der Waals surface area contributed by atoms with Crippen molar-refractivity contribution in [3.05, 3.63) is 71.3 Å². The molecule has 5 rings (SSSR count). The van der Waals surface area contributed by atoms with Gasteiger partial charge in [0, 0.05) is 43.1 Å². The average molecular weight is 535 g/mol. The molecule has 5 heterocycles. The van der Waals surface area contributed by atoms with Gasteiger partial charge in [-0.05, 0) is 72.8 Å². The minimum absolute atomic E-state index is 0. The van der Waals surface area contributed by atoms with Crippen molar-refractivity contribution in [2.24, 2.45) is 0 Å². The number of nitrogens with zero attached hydrogens (tertiary/aromatic N) is 2. The summed E-state index contributed by atoms with van der Waals surface area (Å²) in [5.74, 6) is 0. The van der Waals surface area contributed by atoms with Crippen molar-refractivity contribution in [1.82, 2.24) is 19.9 Å². The van der Waals surface area contributed by atoms with E-state index in [1.807, 2.05) is 49.3 Å². The van der Waals surface area contributed by atoms with Crippen molar-refractivity contribution >= 4 is 53.2 Å². The number of aromatic amines is 2. The van der Waals surface area contributed by atoms with Gasteiger partial charge < -0.3 is 14.8 Å². The number of nitrogens with one attached hydrogen (secondary N) is 2. The normalized spacial score (nSPS) is 11.4. The van der Waals surface area contributed by atoms with E-state index in [1.54, 1.807) is 0 Å². The molecule has 2 N–H and O–H groups in total. The van der Waals surface area contributed by atoms with Crippen molar-refractivity contribution in [3.63, 3.8) is 0 Å². The first-order chi connectivity index (χ1) is 12.8. The predicted molar refractivity (Wildman–Crippen MR) is 106 cm³/mol. The summed E-state index contributed by atoms with van der Waals surface area (Å²) >= 11 is 0. The topological polar surface area (TPSA) is 74.4 Å². The summed E-state index contributed by atoms with van der Waals surface area (Å²) in [6.45, 7) is 2.00. The second-order valence-corrected chi connectivity index (χ2v) is 5.91. The van der Waals surface area contributed by atoms with E-state index >= 15 is 0 Å². The third kappa shape index (κ3) is 4.21. The maximum absolute atomic E-state index is 8.00. The molecule has 0 aliphatic carbocycles. The van der Waals surface area contributed by atoms with Crippen molar-refractivity contribution in [3.8, 4) is 0 Å². The van der Waals surface area contributed by atoms with Crippen LogP contribution < -0.4 is 0 Å². The Balaban J connectivity index is 0.000000680. The number of carbonyl (C=O) groups excluding carboxylic acids is 1. The van der Waals surface area contributed by atoms with Gasteiger partial charge in [-0.2, -0.15) is 0 Å². The molecule has 3 aromatic rings. The molecule has 0 saturated carbocycles. The van der Waals surface area contributed by atoms with E-state index in [1.165, 1.54) is 0 Å². The van der Waals surface area contributed by atoms with Gasteiger partial charge in [-0.15, -0.1) is 0 Å². The maximum Gasteiger partial charge on any atom is 0.106 e. The fourth-order valence-corrected chi connectivity index (χ4v) is 2.94. The summed E-state index contributed by atoms with van der Waals surface area (Å²) in [7, 11) is 0. The molecule has 0 unspecified atom stereocenters. The Morgan fingerprint density at radius 2 is 0.889 bits per heavy atom. The van der Waals surface area contributed by atoms with Gasteiger partial charge in [0.15, 0.2) is 0 Å². The standard InChI is InChI=1S/C20H14N4.CH2O.Pt/c1-2-14-10-16-5-6-18(23-16)12-20-8-7-19(24-20)11-17-4-3-15(22-17)9-13(1)21-14;1-2;/h1-12,21-22H;1H2;. The van der Waals surface area contributed by atoms with Crippen LogP contribution in [-0.2, 0) is 25.9 Å². The number of carbonyl (C=O) groups is 1. The summed E-state index contributed by atoms with van der Waals surface area (Å²) in [5, 5.41) is 0. The molecule has 0 fully saturated rings. The van der Waals surface area contributed by atoms with Gasteiger partial charge in [0.05, 0.1) is 22.8 Å². The van der Waals surface area contributed by atoms with Gasteiger partial charge in [-0.3, -0.25) is 0 Å². The van der Waals surface area contributed by atoms with Crippen molar-refractivity contribution < 1.29 is 25.9 Å². The quantitative estimate of drug-likeness (QED) is 0.308. The van der Waals surface area contributed by atoms with Gasteiger partial charge in [-0.1, -0.05) is 0 Å². The zero-order valence-electron chi connectivity index (χ0n) is 14.3. The molecule has 0 saturated heterocycles. The van der Waals surface area contributed by atoms with Crippen LogP contribution in [0, 0.1) is 0 Å². The van der Waals surface area contributed by atoms with Crippen LogP contribution in [0.3, 0.4) is 0 Å². The second kappa shape index (κ2) is 8.10. The molecule has 2 aliphatic heterocycles. The van der Waals surface area contributed by atoms with Gasteiger partial charge in [0.2, 0.25) is 0 Å². The van der Waals surface area contributed by atoms with Crippen LogP contribution in [0.25, 0.3) is 46.4 Å². The Bertz CT molecular complexity index is 1100. The molecule has 6 heteroatoms. The first-order valence-electron chi connectivity index (χ1n) is 8.14. The number of aromatic nitrogens is 4. The van der Waals surface area contributed by atoms with Crippen molar-refractivity contribution in [1.29, 1.82) is 0 Å². The molecule has 0 aromatic carbocycles. The van der Waals surface area contributed by atoms with Gasteiger partial charge >= 0.3 is 0 Å². The monoisotopic (exact) mass is 535 g/mol. The molecule has 2 aliphatic rings. The van der Waals surface area contributed by atoms with E-state index in [2.05, 4.69) is 50.3 Å². The largest absolute Gasteiger partial charge is 0.355 e. The molecule has 8 bridgehead atoms. The van der Waals surface area contributed by atoms with E-state index < -0.39 is 0 Å². The van der Waals surface area contributed by atoms with Gasteiger partial charge in [0.1, 0.15) is 6.79 Å². The number of H-pyrrole nitrogens is 2. The van der Waals surface area contributed by atoms with E-state index in [4.69, 9.17) is 4.79 Å². The average Bonchev–Trinajstić information content (AvgIpc) is 3.42.